The predicted molar refractivity (Wildman–Crippen MR) is 113 cm³/mol. The number of benzene rings is 1. The van der Waals surface area contributed by atoms with Gasteiger partial charge in [0.1, 0.15) is 11.6 Å². The van der Waals surface area contributed by atoms with Gasteiger partial charge in [-0.15, -0.1) is 23.1 Å². The fourth-order valence-corrected chi connectivity index (χ4v) is 3.34. The molecule has 2 N–H and O–H groups in total. The van der Waals surface area contributed by atoms with E-state index in [-0.39, 0.29) is 18.8 Å². The third-order valence-electron chi connectivity index (χ3n) is 4.72. The highest BCUT2D eigenvalue weighted by Gasteiger charge is 2.31. The molecular weight excluding hydrogens is 439 g/mol. The summed E-state index contributed by atoms with van der Waals surface area (Å²) in [5.41, 5.74) is 3.13. The molecule has 3 aromatic heterocycles. The number of aryl methyl sites for hydroxylation is 2. The Morgan fingerprint density at radius 1 is 1.09 bits per heavy atom. The van der Waals surface area contributed by atoms with Crippen LogP contribution in [0.5, 0.6) is 5.75 Å². The molecule has 0 bridgehead atoms. The Labute approximate surface area is 186 Å². The molecule has 4 aromatic rings. The Morgan fingerprint density at radius 2 is 1.85 bits per heavy atom. The summed E-state index contributed by atoms with van der Waals surface area (Å²) in [6.45, 7) is 3.33. The summed E-state index contributed by atoms with van der Waals surface area (Å²) in [6, 6.07) is 7.57. The number of alkyl halides is 3. The van der Waals surface area contributed by atoms with Crippen molar-refractivity contribution in [2.24, 2.45) is 0 Å². The van der Waals surface area contributed by atoms with Crippen molar-refractivity contribution in [3.05, 3.63) is 65.7 Å². The van der Waals surface area contributed by atoms with E-state index in [0.29, 0.717) is 39.8 Å². The summed E-state index contributed by atoms with van der Waals surface area (Å²) in [5, 5.41) is 25.5. The minimum atomic E-state index is -4.77. The number of anilines is 2. The van der Waals surface area contributed by atoms with Crippen LogP contribution in [0.3, 0.4) is 0 Å². The van der Waals surface area contributed by atoms with Crippen molar-refractivity contribution >= 4 is 11.5 Å². The van der Waals surface area contributed by atoms with E-state index in [9.17, 15) is 18.3 Å². The first-order valence-electron chi connectivity index (χ1n) is 9.91. The number of rotatable bonds is 7. The second-order valence-corrected chi connectivity index (χ2v) is 7.17. The van der Waals surface area contributed by atoms with E-state index in [0.717, 1.165) is 0 Å². The van der Waals surface area contributed by atoms with E-state index in [2.05, 4.69) is 30.3 Å². The lowest BCUT2D eigenvalue weighted by Crippen LogP contribution is -2.17. The summed E-state index contributed by atoms with van der Waals surface area (Å²) in [6.07, 6.45) is 0.336. The van der Waals surface area contributed by atoms with Gasteiger partial charge in [0.15, 0.2) is 5.82 Å². The number of nitrogens with zero attached hydrogens (tertiary/aromatic N) is 6. The van der Waals surface area contributed by atoms with E-state index in [4.69, 9.17) is 0 Å². The zero-order valence-electron chi connectivity index (χ0n) is 17.7. The van der Waals surface area contributed by atoms with E-state index in [1.54, 1.807) is 36.3 Å². The molecule has 3 heterocycles. The maximum atomic E-state index is 12.5. The molecule has 0 atom stereocenters. The molecule has 33 heavy (non-hydrogen) atoms. The molecule has 0 saturated heterocycles. The molecule has 12 heteroatoms. The highest BCUT2D eigenvalue weighted by Crippen LogP contribution is 2.31. The molecule has 0 unspecified atom stereocenters. The fraction of sp³-hybridized carbons (Fsp3) is 0.238. The van der Waals surface area contributed by atoms with Crippen LogP contribution >= 0.6 is 0 Å². The van der Waals surface area contributed by atoms with Gasteiger partial charge >= 0.3 is 6.36 Å². The number of nitrogens with one attached hydrogen (secondary N) is 1. The molecule has 0 aliphatic carbocycles. The van der Waals surface area contributed by atoms with Gasteiger partial charge in [0.25, 0.3) is 0 Å². The first-order valence-corrected chi connectivity index (χ1v) is 9.91. The number of pyridine rings is 1. The van der Waals surface area contributed by atoms with Crippen LogP contribution in [-0.2, 0) is 6.42 Å². The smallest absolute Gasteiger partial charge is 0.406 e. The van der Waals surface area contributed by atoms with Crippen molar-refractivity contribution in [3.8, 4) is 17.3 Å². The van der Waals surface area contributed by atoms with Crippen molar-refractivity contribution in [1.29, 1.82) is 0 Å². The predicted octanol–water partition coefficient (Wildman–Crippen LogP) is 3.64. The van der Waals surface area contributed by atoms with Gasteiger partial charge in [-0.1, -0.05) is 0 Å². The summed E-state index contributed by atoms with van der Waals surface area (Å²) >= 11 is 0. The van der Waals surface area contributed by atoms with Gasteiger partial charge in [0.05, 0.1) is 18.1 Å². The topological polar surface area (TPSA) is 103 Å². The summed E-state index contributed by atoms with van der Waals surface area (Å²) < 4.78 is 43.1. The van der Waals surface area contributed by atoms with Gasteiger partial charge in [-0.05, 0) is 43.7 Å². The molecule has 172 valence electrons. The molecule has 4 rings (SSSR count). The molecule has 1 aromatic carbocycles. The maximum absolute atomic E-state index is 12.5. The molecule has 0 amide bonds. The molecule has 0 aliphatic heterocycles. The first-order chi connectivity index (χ1) is 15.7. The Morgan fingerprint density at radius 3 is 2.52 bits per heavy atom. The number of aliphatic hydroxyl groups excluding tert-OH is 1. The van der Waals surface area contributed by atoms with Gasteiger partial charge in [0, 0.05) is 42.2 Å². The van der Waals surface area contributed by atoms with Crippen molar-refractivity contribution in [2.75, 3.05) is 11.9 Å². The Bertz CT molecular complexity index is 1250. The zero-order chi connectivity index (χ0) is 23.6. The summed E-state index contributed by atoms with van der Waals surface area (Å²) in [7, 11) is 0. The lowest BCUT2D eigenvalue weighted by atomic mass is 10.1. The molecular formula is C21H20F3N7O2. The van der Waals surface area contributed by atoms with Crippen LogP contribution in [-0.4, -0.2) is 47.8 Å². The zero-order valence-corrected chi connectivity index (χ0v) is 17.7. The standard InChI is InChI=1S/C21H20F3N7O2/c1-13-11-15(33-21(22,23)24)3-4-17(13)28-20-16(6-10-32)18(12-14(2)27-20)30-9-5-19(29-30)31-25-7-8-26-31/h3-5,7-9,11-12,32H,6,10H2,1-2H3,(H,27,28). The number of hydrogen-bond acceptors (Lipinski definition) is 7. The highest BCUT2D eigenvalue weighted by molar-refractivity contribution is 5.67. The van der Waals surface area contributed by atoms with E-state index >= 15 is 0 Å². The van der Waals surface area contributed by atoms with Crippen LogP contribution < -0.4 is 10.1 Å². The highest BCUT2D eigenvalue weighted by atomic mass is 19.4. The Hall–Kier alpha value is -3.93. The van der Waals surface area contributed by atoms with Crippen LogP contribution in [0, 0.1) is 13.8 Å². The third-order valence-corrected chi connectivity index (χ3v) is 4.72. The van der Waals surface area contributed by atoms with Gasteiger partial charge in [-0.2, -0.15) is 10.2 Å². The first kappa shape index (κ1) is 22.3. The maximum Gasteiger partial charge on any atom is 0.573 e. The van der Waals surface area contributed by atoms with Gasteiger partial charge < -0.3 is 15.2 Å². The fourth-order valence-electron chi connectivity index (χ4n) is 3.34. The van der Waals surface area contributed by atoms with Crippen LogP contribution in [0.4, 0.5) is 24.7 Å². The minimum absolute atomic E-state index is 0.140. The number of halogens is 3. The molecule has 9 nitrogen and oxygen atoms in total. The normalized spacial score (nSPS) is 11.6. The largest absolute Gasteiger partial charge is 0.573 e. The lowest BCUT2D eigenvalue weighted by molar-refractivity contribution is -0.274. The summed E-state index contributed by atoms with van der Waals surface area (Å²) in [4.78, 5) is 5.93. The number of aromatic nitrogens is 6. The van der Waals surface area contributed by atoms with Crippen LogP contribution in [0.25, 0.3) is 11.5 Å². The van der Waals surface area contributed by atoms with E-state index in [1.807, 2.05) is 13.0 Å². The molecule has 0 fully saturated rings. The number of hydrogen-bond donors (Lipinski definition) is 2. The SMILES string of the molecule is Cc1cc(-n2ccc(-n3nccn3)n2)c(CCO)c(Nc2ccc(OC(F)(F)F)cc2C)n1. The van der Waals surface area contributed by atoms with Crippen LogP contribution in [0.2, 0.25) is 0 Å². The average Bonchev–Trinajstić information content (AvgIpc) is 3.42. The van der Waals surface area contributed by atoms with Crippen LogP contribution in [0.1, 0.15) is 16.8 Å². The van der Waals surface area contributed by atoms with Gasteiger partial charge in [-0.3, -0.25) is 0 Å². The third kappa shape index (κ3) is 5.12. The Kier molecular flexibility index (Phi) is 6.01. The molecule has 0 spiro atoms. The van der Waals surface area contributed by atoms with Crippen molar-refractivity contribution in [3.63, 3.8) is 0 Å². The summed E-state index contributed by atoms with van der Waals surface area (Å²) in [5.74, 6) is 0.659. The van der Waals surface area contributed by atoms with Crippen molar-refractivity contribution in [1.82, 2.24) is 29.8 Å². The molecule has 0 radical (unpaired) electrons. The van der Waals surface area contributed by atoms with Gasteiger partial charge in [-0.25, -0.2) is 9.67 Å². The van der Waals surface area contributed by atoms with E-state index < -0.39 is 6.36 Å². The lowest BCUT2D eigenvalue weighted by Gasteiger charge is -2.18. The molecule has 0 aliphatic rings. The van der Waals surface area contributed by atoms with Crippen molar-refractivity contribution < 1.29 is 23.0 Å². The van der Waals surface area contributed by atoms with Crippen molar-refractivity contribution in [2.45, 2.75) is 26.6 Å². The number of ether oxygens (including phenoxy) is 1. The van der Waals surface area contributed by atoms with Gasteiger partial charge in [0.2, 0.25) is 0 Å². The quantitative estimate of drug-likeness (QED) is 0.435. The monoisotopic (exact) mass is 459 g/mol. The average molecular weight is 459 g/mol. The number of aliphatic hydroxyl groups is 1. The Balaban J connectivity index is 1.70. The minimum Gasteiger partial charge on any atom is -0.406 e. The second kappa shape index (κ2) is 8.90. The second-order valence-electron chi connectivity index (χ2n) is 7.17. The molecule has 0 saturated carbocycles. The van der Waals surface area contributed by atoms with Crippen LogP contribution in [0.15, 0.2) is 48.9 Å². The van der Waals surface area contributed by atoms with E-state index in [1.165, 1.54) is 23.0 Å².